The molecule has 1 N–H and O–H groups in total. The predicted octanol–water partition coefficient (Wildman–Crippen LogP) is 3.02. The summed E-state index contributed by atoms with van der Waals surface area (Å²) >= 11 is 0. The summed E-state index contributed by atoms with van der Waals surface area (Å²) in [4.78, 5) is 24.6. The number of ether oxygens (including phenoxy) is 1. The third-order valence-electron chi connectivity index (χ3n) is 5.13. The van der Waals surface area contributed by atoms with E-state index in [4.69, 9.17) is 4.74 Å². The van der Waals surface area contributed by atoms with Crippen LogP contribution < -0.4 is 0 Å². The average molecular weight is 336 g/mol. The standard InChI is InChI=1S/C16H23F3O4/c1-2-23-13(21)8-15(9-16(17,18)19)6-5-10-7-11(20)3-4-12(10)14(15)22/h10-12,20H,2-9H2,1H3. The van der Waals surface area contributed by atoms with Crippen molar-refractivity contribution in [2.24, 2.45) is 17.3 Å². The Morgan fingerprint density at radius 3 is 2.65 bits per heavy atom. The van der Waals surface area contributed by atoms with Gasteiger partial charge in [-0.1, -0.05) is 0 Å². The number of hydrogen-bond donors (Lipinski definition) is 1. The molecule has 2 aliphatic carbocycles. The Labute approximate surface area is 133 Å². The number of Topliss-reactive ketones (excluding diaryl/α,β-unsaturated/α-hetero) is 1. The molecule has 4 unspecified atom stereocenters. The number of fused-ring (bicyclic) bond motifs is 1. The number of ketones is 1. The van der Waals surface area contributed by atoms with E-state index in [1.165, 1.54) is 0 Å². The van der Waals surface area contributed by atoms with Crippen LogP contribution in [0.1, 0.15) is 51.9 Å². The van der Waals surface area contributed by atoms with Gasteiger partial charge in [0.15, 0.2) is 0 Å². The van der Waals surface area contributed by atoms with Crippen molar-refractivity contribution < 1.29 is 32.6 Å². The van der Waals surface area contributed by atoms with Gasteiger partial charge in [0.2, 0.25) is 0 Å². The predicted molar refractivity (Wildman–Crippen MR) is 75.4 cm³/mol. The van der Waals surface area contributed by atoms with Crippen LogP contribution in [-0.4, -0.2) is 35.7 Å². The van der Waals surface area contributed by atoms with Crippen molar-refractivity contribution in [3.05, 3.63) is 0 Å². The Kier molecular flexibility index (Phi) is 5.38. The first-order chi connectivity index (χ1) is 10.7. The normalized spacial score (nSPS) is 34.8. The highest BCUT2D eigenvalue weighted by molar-refractivity contribution is 5.91. The molecule has 4 nitrogen and oxygen atoms in total. The van der Waals surface area contributed by atoms with E-state index in [9.17, 15) is 27.9 Å². The van der Waals surface area contributed by atoms with Crippen molar-refractivity contribution in [3.8, 4) is 0 Å². The molecule has 0 amide bonds. The van der Waals surface area contributed by atoms with Crippen LogP contribution in [0.5, 0.6) is 0 Å². The van der Waals surface area contributed by atoms with Crippen molar-refractivity contribution in [2.75, 3.05) is 6.61 Å². The summed E-state index contributed by atoms with van der Waals surface area (Å²) in [6.45, 7) is 1.66. The summed E-state index contributed by atoms with van der Waals surface area (Å²) in [6, 6.07) is 0. The van der Waals surface area contributed by atoms with Crippen LogP contribution in [0, 0.1) is 17.3 Å². The molecule has 0 spiro atoms. The average Bonchev–Trinajstić information content (AvgIpc) is 2.41. The van der Waals surface area contributed by atoms with Crippen LogP contribution in [0.4, 0.5) is 13.2 Å². The zero-order valence-electron chi connectivity index (χ0n) is 13.2. The fraction of sp³-hybridized carbons (Fsp3) is 0.875. The van der Waals surface area contributed by atoms with Gasteiger partial charge in [0.05, 0.1) is 25.6 Å². The Balaban J connectivity index is 2.23. The summed E-state index contributed by atoms with van der Waals surface area (Å²) in [5.74, 6) is -1.77. The van der Waals surface area contributed by atoms with Gasteiger partial charge in [-0.05, 0) is 44.9 Å². The van der Waals surface area contributed by atoms with E-state index in [0.29, 0.717) is 25.7 Å². The topological polar surface area (TPSA) is 63.6 Å². The lowest BCUT2D eigenvalue weighted by molar-refractivity contribution is -0.182. The van der Waals surface area contributed by atoms with E-state index >= 15 is 0 Å². The molecular formula is C16H23F3O4. The number of carbonyl (C=O) groups is 2. The monoisotopic (exact) mass is 336 g/mol. The molecule has 7 heteroatoms. The summed E-state index contributed by atoms with van der Waals surface area (Å²) < 4.78 is 43.9. The molecule has 2 fully saturated rings. The molecule has 23 heavy (non-hydrogen) atoms. The first-order valence-electron chi connectivity index (χ1n) is 8.11. The van der Waals surface area contributed by atoms with Crippen molar-refractivity contribution >= 4 is 11.8 Å². The van der Waals surface area contributed by atoms with Gasteiger partial charge < -0.3 is 9.84 Å². The van der Waals surface area contributed by atoms with Gasteiger partial charge in [-0.3, -0.25) is 9.59 Å². The molecule has 0 radical (unpaired) electrons. The lowest BCUT2D eigenvalue weighted by atomic mass is 9.58. The van der Waals surface area contributed by atoms with Crippen molar-refractivity contribution in [1.82, 2.24) is 0 Å². The van der Waals surface area contributed by atoms with Crippen LogP contribution in [0.25, 0.3) is 0 Å². The second-order valence-electron chi connectivity index (χ2n) is 6.79. The summed E-state index contributed by atoms with van der Waals surface area (Å²) in [6.07, 6.45) is -5.04. The minimum atomic E-state index is -4.51. The fourth-order valence-corrected chi connectivity index (χ4v) is 4.17. The first-order valence-corrected chi connectivity index (χ1v) is 8.11. The Morgan fingerprint density at radius 2 is 2.04 bits per heavy atom. The largest absolute Gasteiger partial charge is 0.466 e. The maximum absolute atomic E-state index is 13.0. The summed E-state index contributed by atoms with van der Waals surface area (Å²) in [5.41, 5.74) is -1.70. The molecule has 0 bridgehead atoms. The number of rotatable bonds is 4. The van der Waals surface area contributed by atoms with Gasteiger partial charge in [0.25, 0.3) is 0 Å². The highest BCUT2D eigenvalue weighted by Gasteiger charge is 2.55. The van der Waals surface area contributed by atoms with Gasteiger partial charge in [-0.15, -0.1) is 0 Å². The molecule has 2 aliphatic rings. The van der Waals surface area contributed by atoms with E-state index in [1.54, 1.807) is 6.92 Å². The van der Waals surface area contributed by atoms with E-state index in [0.717, 1.165) is 0 Å². The smallest absolute Gasteiger partial charge is 0.390 e. The molecule has 2 saturated carbocycles. The van der Waals surface area contributed by atoms with E-state index < -0.39 is 48.2 Å². The number of esters is 1. The van der Waals surface area contributed by atoms with Crippen LogP contribution >= 0.6 is 0 Å². The molecule has 2 rings (SSSR count). The quantitative estimate of drug-likeness (QED) is 0.802. The molecule has 0 aromatic rings. The van der Waals surface area contributed by atoms with Crippen molar-refractivity contribution in [2.45, 2.75) is 64.1 Å². The Morgan fingerprint density at radius 1 is 1.35 bits per heavy atom. The molecule has 0 saturated heterocycles. The molecule has 0 aromatic carbocycles. The molecule has 4 atom stereocenters. The van der Waals surface area contributed by atoms with Gasteiger partial charge in [-0.2, -0.15) is 13.2 Å². The highest BCUT2D eigenvalue weighted by atomic mass is 19.4. The minimum absolute atomic E-state index is 0.0258. The molecule has 132 valence electrons. The maximum atomic E-state index is 13.0. The second-order valence-corrected chi connectivity index (χ2v) is 6.79. The van der Waals surface area contributed by atoms with Gasteiger partial charge in [0, 0.05) is 11.3 Å². The van der Waals surface area contributed by atoms with Crippen molar-refractivity contribution in [3.63, 3.8) is 0 Å². The molecule has 0 aliphatic heterocycles. The van der Waals surface area contributed by atoms with Crippen molar-refractivity contribution in [1.29, 1.82) is 0 Å². The Bertz CT molecular complexity index is 463. The number of alkyl halides is 3. The lowest BCUT2D eigenvalue weighted by Crippen LogP contribution is -2.49. The highest BCUT2D eigenvalue weighted by Crippen LogP contribution is 2.51. The third kappa shape index (κ3) is 4.25. The van der Waals surface area contributed by atoms with Crippen LogP contribution in [0.3, 0.4) is 0 Å². The van der Waals surface area contributed by atoms with Gasteiger partial charge in [-0.25, -0.2) is 0 Å². The van der Waals surface area contributed by atoms with Crippen LogP contribution in [0.15, 0.2) is 0 Å². The number of aliphatic hydroxyl groups is 1. The molecule has 0 heterocycles. The molecular weight excluding hydrogens is 313 g/mol. The van der Waals surface area contributed by atoms with E-state index in [1.807, 2.05) is 0 Å². The number of halogens is 3. The molecule has 0 aromatic heterocycles. The van der Waals surface area contributed by atoms with Crippen LogP contribution in [-0.2, 0) is 14.3 Å². The summed E-state index contributed by atoms with van der Waals surface area (Å²) in [5, 5.41) is 9.70. The Hall–Kier alpha value is -1.11. The zero-order valence-corrected chi connectivity index (χ0v) is 13.2. The minimum Gasteiger partial charge on any atom is -0.466 e. The second kappa shape index (κ2) is 6.79. The lowest BCUT2D eigenvalue weighted by Gasteiger charge is -2.46. The number of hydrogen-bond acceptors (Lipinski definition) is 4. The SMILES string of the molecule is CCOC(=O)CC1(CC(F)(F)F)CCC2CC(O)CCC2C1=O. The van der Waals surface area contributed by atoms with Gasteiger partial charge in [0.1, 0.15) is 5.78 Å². The van der Waals surface area contributed by atoms with Crippen LogP contribution in [0.2, 0.25) is 0 Å². The zero-order chi connectivity index (χ0) is 17.3. The van der Waals surface area contributed by atoms with E-state index in [-0.39, 0.29) is 18.9 Å². The summed E-state index contributed by atoms with van der Waals surface area (Å²) in [7, 11) is 0. The van der Waals surface area contributed by atoms with Gasteiger partial charge >= 0.3 is 12.1 Å². The number of carbonyl (C=O) groups excluding carboxylic acids is 2. The van der Waals surface area contributed by atoms with E-state index in [2.05, 4.69) is 0 Å². The maximum Gasteiger partial charge on any atom is 0.390 e. The third-order valence-corrected chi connectivity index (χ3v) is 5.13. The first kappa shape index (κ1) is 18.2. The fourth-order valence-electron chi connectivity index (χ4n) is 4.17. The number of aliphatic hydroxyl groups excluding tert-OH is 1.